The van der Waals surface area contributed by atoms with Gasteiger partial charge in [-0.05, 0) is 36.4 Å². The van der Waals surface area contributed by atoms with E-state index in [2.05, 4.69) is 14.6 Å². The molecular formula is C10H19N2O3P. The van der Waals surface area contributed by atoms with Crippen LogP contribution in [0.1, 0.15) is 27.2 Å². The summed E-state index contributed by atoms with van der Waals surface area (Å²) in [6.07, 6.45) is 0.465. The van der Waals surface area contributed by atoms with E-state index in [1.807, 2.05) is 20.8 Å². The van der Waals surface area contributed by atoms with Crippen molar-refractivity contribution in [2.24, 2.45) is 0 Å². The normalized spacial score (nSPS) is 20.8. The van der Waals surface area contributed by atoms with Gasteiger partial charge in [-0.15, -0.1) is 0 Å². The summed E-state index contributed by atoms with van der Waals surface area (Å²) in [4.78, 5) is 24.1. The highest BCUT2D eigenvalue weighted by Gasteiger charge is 2.29. The van der Waals surface area contributed by atoms with Gasteiger partial charge in [-0.1, -0.05) is 0 Å². The van der Waals surface area contributed by atoms with E-state index in [0.29, 0.717) is 13.1 Å². The quantitative estimate of drug-likeness (QED) is 0.714. The van der Waals surface area contributed by atoms with Crippen molar-refractivity contribution >= 4 is 21.0 Å². The molecule has 1 fully saturated rings. The van der Waals surface area contributed by atoms with Crippen LogP contribution in [0.2, 0.25) is 0 Å². The predicted octanol–water partition coefficient (Wildman–Crippen LogP) is 1.58. The van der Waals surface area contributed by atoms with Crippen LogP contribution in [0.25, 0.3) is 0 Å². The molecule has 6 heteroatoms. The van der Waals surface area contributed by atoms with Gasteiger partial charge in [0.1, 0.15) is 5.60 Å². The van der Waals surface area contributed by atoms with E-state index >= 15 is 0 Å². The Morgan fingerprint density at radius 1 is 1.44 bits per heavy atom. The minimum Gasteiger partial charge on any atom is -0.444 e. The highest BCUT2D eigenvalue weighted by atomic mass is 31.0. The number of rotatable bonds is 1. The van der Waals surface area contributed by atoms with Gasteiger partial charge < -0.3 is 15.0 Å². The summed E-state index contributed by atoms with van der Waals surface area (Å²) in [5.41, 5.74) is -0.616. The number of hydrogen-bond acceptors (Lipinski definition) is 3. The Bertz CT molecular complexity index is 288. The SMILES string of the molecule is CC(C)(C)OC(=O)N1CCC(NC(=O)P)C1. The third kappa shape index (κ3) is 4.35. The lowest BCUT2D eigenvalue weighted by Gasteiger charge is -2.24. The molecule has 2 atom stereocenters. The van der Waals surface area contributed by atoms with Gasteiger partial charge in [0.25, 0.3) is 0 Å². The molecular weight excluding hydrogens is 227 g/mol. The fourth-order valence-corrected chi connectivity index (χ4v) is 1.81. The molecule has 1 heterocycles. The van der Waals surface area contributed by atoms with Crippen LogP contribution >= 0.6 is 9.24 Å². The standard InChI is InChI=1S/C10H19N2O3P/c1-10(2,3)15-9(14)12-5-4-7(6-12)11-8(13)16/h7H,4-6,16H2,1-3H3,(H,11,13). The molecule has 0 aromatic carbocycles. The van der Waals surface area contributed by atoms with Crippen LogP contribution in [-0.4, -0.2) is 41.4 Å². The van der Waals surface area contributed by atoms with Crippen molar-refractivity contribution in [2.75, 3.05) is 13.1 Å². The zero-order valence-corrected chi connectivity index (χ0v) is 11.1. The molecule has 0 spiro atoms. The van der Waals surface area contributed by atoms with Gasteiger partial charge in [0.05, 0.1) is 0 Å². The zero-order valence-electron chi connectivity index (χ0n) is 9.95. The van der Waals surface area contributed by atoms with Crippen molar-refractivity contribution in [3.05, 3.63) is 0 Å². The smallest absolute Gasteiger partial charge is 0.410 e. The second-order valence-electron chi connectivity index (χ2n) is 4.92. The van der Waals surface area contributed by atoms with Crippen LogP contribution in [0.4, 0.5) is 9.59 Å². The Morgan fingerprint density at radius 2 is 2.06 bits per heavy atom. The largest absolute Gasteiger partial charge is 0.444 e. The average molecular weight is 246 g/mol. The number of amides is 2. The third-order valence-corrected chi connectivity index (χ3v) is 2.35. The molecule has 5 nitrogen and oxygen atoms in total. The van der Waals surface area contributed by atoms with Gasteiger partial charge in [-0.3, -0.25) is 4.79 Å². The molecule has 0 bridgehead atoms. The van der Waals surface area contributed by atoms with E-state index in [1.165, 1.54) is 0 Å². The summed E-state index contributed by atoms with van der Waals surface area (Å²) in [5, 5.41) is 2.76. The van der Waals surface area contributed by atoms with E-state index in [1.54, 1.807) is 4.90 Å². The van der Waals surface area contributed by atoms with Crippen LogP contribution in [0.5, 0.6) is 0 Å². The molecule has 1 N–H and O–H groups in total. The second kappa shape index (κ2) is 5.00. The van der Waals surface area contributed by atoms with Crippen LogP contribution in [-0.2, 0) is 4.74 Å². The van der Waals surface area contributed by atoms with Gasteiger partial charge >= 0.3 is 6.09 Å². The van der Waals surface area contributed by atoms with Crippen LogP contribution in [0.15, 0.2) is 0 Å². The first-order valence-corrected chi connectivity index (χ1v) is 5.89. The topological polar surface area (TPSA) is 58.6 Å². The zero-order chi connectivity index (χ0) is 12.3. The highest BCUT2D eigenvalue weighted by molar-refractivity contribution is 7.39. The highest BCUT2D eigenvalue weighted by Crippen LogP contribution is 2.15. The number of hydrogen-bond donors (Lipinski definition) is 1. The monoisotopic (exact) mass is 246 g/mol. The fourth-order valence-electron chi connectivity index (χ4n) is 1.57. The van der Waals surface area contributed by atoms with Gasteiger partial charge in [0, 0.05) is 19.1 Å². The van der Waals surface area contributed by atoms with Gasteiger partial charge in [0.15, 0.2) is 0 Å². The van der Waals surface area contributed by atoms with Crippen molar-refractivity contribution < 1.29 is 14.3 Å². The number of nitrogens with zero attached hydrogens (tertiary/aromatic N) is 1. The number of carbonyl (C=O) groups is 2. The van der Waals surface area contributed by atoms with Crippen LogP contribution in [0.3, 0.4) is 0 Å². The molecule has 92 valence electrons. The van der Waals surface area contributed by atoms with Crippen LogP contribution in [0, 0.1) is 0 Å². The lowest BCUT2D eigenvalue weighted by Crippen LogP contribution is -2.38. The van der Waals surface area contributed by atoms with E-state index in [9.17, 15) is 9.59 Å². The van der Waals surface area contributed by atoms with E-state index in [4.69, 9.17) is 4.74 Å². The molecule has 0 aromatic heterocycles. The summed E-state index contributed by atoms with van der Waals surface area (Å²) in [5.74, 6) is 0. The second-order valence-corrected chi connectivity index (χ2v) is 5.44. The predicted molar refractivity (Wildman–Crippen MR) is 64.5 cm³/mol. The van der Waals surface area contributed by atoms with E-state index < -0.39 is 5.60 Å². The minimum atomic E-state index is -0.473. The number of likely N-dealkylation sites (tertiary alicyclic amines) is 1. The maximum atomic E-state index is 11.7. The summed E-state index contributed by atoms with van der Waals surface area (Å²) in [7, 11) is 2.07. The number of carbonyl (C=O) groups excluding carboxylic acids is 2. The first-order valence-electron chi connectivity index (χ1n) is 5.32. The van der Waals surface area contributed by atoms with Crippen molar-refractivity contribution in [3.8, 4) is 0 Å². The molecule has 1 saturated heterocycles. The Balaban J connectivity index is 2.41. The molecule has 0 radical (unpaired) electrons. The first kappa shape index (κ1) is 13.2. The number of ether oxygens (including phenoxy) is 1. The van der Waals surface area contributed by atoms with E-state index in [-0.39, 0.29) is 17.8 Å². The lowest BCUT2D eigenvalue weighted by molar-refractivity contribution is 0.0291. The van der Waals surface area contributed by atoms with Crippen molar-refractivity contribution in [1.29, 1.82) is 0 Å². The maximum absolute atomic E-state index is 11.7. The molecule has 0 aromatic rings. The van der Waals surface area contributed by atoms with Crippen molar-refractivity contribution in [3.63, 3.8) is 0 Å². The molecule has 1 rings (SSSR count). The molecule has 16 heavy (non-hydrogen) atoms. The molecule has 0 aliphatic carbocycles. The van der Waals surface area contributed by atoms with Gasteiger partial charge in [0.2, 0.25) is 5.65 Å². The van der Waals surface area contributed by atoms with Crippen molar-refractivity contribution in [1.82, 2.24) is 10.2 Å². The molecule has 1 aliphatic rings. The Kier molecular flexibility index (Phi) is 4.14. The van der Waals surface area contributed by atoms with Gasteiger partial charge in [-0.2, -0.15) is 0 Å². The third-order valence-electron chi connectivity index (χ3n) is 2.19. The Labute approximate surface area is 98.1 Å². The summed E-state index contributed by atoms with van der Waals surface area (Å²) < 4.78 is 5.24. The summed E-state index contributed by atoms with van der Waals surface area (Å²) in [6.45, 7) is 6.66. The molecule has 2 unspecified atom stereocenters. The lowest BCUT2D eigenvalue weighted by atomic mass is 10.2. The van der Waals surface area contributed by atoms with Crippen LogP contribution < -0.4 is 5.32 Å². The number of nitrogens with one attached hydrogen (secondary N) is 1. The summed E-state index contributed by atoms with van der Waals surface area (Å²) in [6, 6.07) is 0.0394. The molecule has 0 saturated carbocycles. The summed E-state index contributed by atoms with van der Waals surface area (Å²) >= 11 is 0. The Hall–Kier alpha value is -0.830. The average Bonchev–Trinajstić information content (AvgIpc) is 2.48. The van der Waals surface area contributed by atoms with Crippen molar-refractivity contribution in [2.45, 2.75) is 38.8 Å². The molecule has 1 aliphatic heterocycles. The minimum absolute atomic E-state index is 0.0394. The van der Waals surface area contributed by atoms with E-state index in [0.717, 1.165) is 6.42 Å². The Morgan fingerprint density at radius 3 is 2.56 bits per heavy atom. The molecule has 2 amide bonds. The maximum Gasteiger partial charge on any atom is 0.410 e. The fraction of sp³-hybridized carbons (Fsp3) is 0.800. The first-order chi connectivity index (χ1) is 7.28. The van der Waals surface area contributed by atoms with Gasteiger partial charge in [-0.25, -0.2) is 4.79 Å².